The fourth-order valence-electron chi connectivity index (χ4n) is 4.06. The standard InChI is InChI=1S/C25H31ClO5/c1-14(11-12-25(6)15(2)8-10-21(29)17(25)4)7-9-19-23(30)20(13-27)16(3)22(26)24(19)31-18(5)28/h7,11-13,15,17,30H,8-10H2,1-6H3/b12-11+,14-7+. The summed E-state index contributed by atoms with van der Waals surface area (Å²) in [7, 11) is 0. The van der Waals surface area contributed by atoms with Crippen LogP contribution in [0.15, 0.2) is 23.8 Å². The Bertz CT molecular complexity index is 959. The van der Waals surface area contributed by atoms with Crippen LogP contribution >= 0.6 is 11.6 Å². The first kappa shape index (κ1) is 24.9. The Hall–Kier alpha value is -2.40. The second-order valence-corrected chi connectivity index (χ2v) is 9.08. The van der Waals surface area contributed by atoms with E-state index in [0.717, 1.165) is 12.0 Å². The molecule has 3 unspecified atom stereocenters. The zero-order valence-electron chi connectivity index (χ0n) is 19.0. The molecule has 3 atom stereocenters. The van der Waals surface area contributed by atoms with Crippen molar-refractivity contribution in [2.45, 2.75) is 60.8 Å². The fourth-order valence-corrected chi connectivity index (χ4v) is 4.32. The van der Waals surface area contributed by atoms with Gasteiger partial charge in [-0.3, -0.25) is 14.4 Å². The lowest BCUT2D eigenvalue weighted by Crippen LogP contribution is -2.40. The molecule has 0 spiro atoms. The first-order valence-corrected chi connectivity index (χ1v) is 10.9. The lowest BCUT2D eigenvalue weighted by molar-refractivity contribution is -0.132. The molecular weight excluding hydrogens is 416 g/mol. The number of benzene rings is 1. The number of Topliss-reactive ketones (excluding diaryl/α,β-unsaturated/α-hetero) is 1. The topological polar surface area (TPSA) is 80.7 Å². The zero-order chi connectivity index (χ0) is 23.5. The first-order valence-electron chi connectivity index (χ1n) is 10.5. The third-order valence-electron chi connectivity index (χ3n) is 6.75. The van der Waals surface area contributed by atoms with Gasteiger partial charge < -0.3 is 9.84 Å². The molecule has 0 amide bonds. The molecule has 2 rings (SSSR count). The molecule has 1 aliphatic rings. The van der Waals surface area contributed by atoms with Crippen molar-refractivity contribution in [1.29, 1.82) is 0 Å². The molecule has 0 aliphatic heterocycles. The number of esters is 1. The number of phenols is 1. The molecule has 0 bridgehead atoms. The van der Waals surface area contributed by atoms with Gasteiger partial charge in [0.1, 0.15) is 11.5 Å². The molecule has 168 valence electrons. The summed E-state index contributed by atoms with van der Waals surface area (Å²) < 4.78 is 5.25. The Kier molecular flexibility index (Phi) is 7.87. The summed E-state index contributed by atoms with van der Waals surface area (Å²) in [6, 6.07) is 0. The van der Waals surface area contributed by atoms with Crippen LogP contribution in [0.4, 0.5) is 0 Å². The van der Waals surface area contributed by atoms with Crippen LogP contribution in [0.3, 0.4) is 0 Å². The Morgan fingerprint density at radius 1 is 1.32 bits per heavy atom. The number of carbonyl (C=O) groups excluding carboxylic acids is 3. The summed E-state index contributed by atoms with van der Waals surface area (Å²) in [6.07, 6.45) is 8.20. The van der Waals surface area contributed by atoms with Gasteiger partial charge in [-0.05, 0) is 43.6 Å². The van der Waals surface area contributed by atoms with E-state index in [1.165, 1.54) is 6.92 Å². The molecule has 31 heavy (non-hydrogen) atoms. The molecule has 0 aromatic heterocycles. The number of halogens is 1. The molecule has 6 heteroatoms. The molecule has 0 radical (unpaired) electrons. The van der Waals surface area contributed by atoms with Gasteiger partial charge in [-0.2, -0.15) is 0 Å². The average Bonchev–Trinajstić information content (AvgIpc) is 2.71. The van der Waals surface area contributed by atoms with Gasteiger partial charge in [0.2, 0.25) is 0 Å². The number of hydrogen-bond acceptors (Lipinski definition) is 5. The summed E-state index contributed by atoms with van der Waals surface area (Å²) >= 11 is 6.33. The normalized spacial score (nSPS) is 24.5. The summed E-state index contributed by atoms with van der Waals surface area (Å²) in [5.41, 5.74) is 1.39. The van der Waals surface area contributed by atoms with E-state index in [1.54, 1.807) is 6.92 Å². The first-order chi connectivity index (χ1) is 14.4. The van der Waals surface area contributed by atoms with Crippen LogP contribution in [0.5, 0.6) is 11.5 Å². The maximum absolute atomic E-state index is 12.2. The van der Waals surface area contributed by atoms with Crippen molar-refractivity contribution in [3.05, 3.63) is 45.5 Å². The minimum Gasteiger partial charge on any atom is -0.507 e. The van der Waals surface area contributed by atoms with Crippen LogP contribution < -0.4 is 4.74 Å². The monoisotopic (exact) mass is 446 g/mol. The highest BCUT2D eigenvalue weighted by molar-refractivity contribution is 6.33. The van der Waals surface area contributed by atoms with Gasteiger partial charge >= 0.3 is 5.97 Å². The fraction of sp³-hybridized carbons (Fsp3) is 0.480. The highest BCUT2D eigenvalue weighted by atomic mass is 35.5. The molecule has 0 heterocycles. The van der Waals surface area contributed by atoms with Crippen molar-refractivity contribution in [3.63, 3.8) is 0 Å². The van der Waals surface area contributed by atoms with E-state index in [9.17, 15) is 19.5 Å². The Morgan fingerprint density at radius 2 is 1.97 bits per heavy atom. The Labute approximate surface area is 189 Å². The third kappa shape index (κ3) is 5.09. The van der Waals surface area contributed by atoms with Crippen molar-refractivity contribution in [2.75, 3.05) is 0 Å². The van der Waals surface area contributed by atoms with Gasteiger partial charge in [-0.15, -0.1) is 0 Å². The number of carbonyl (C=O) groups is 3. The molecular formula is C25H31ClO5. The van der Waals surface area contributed by atoms with E-state index in [-0.39, 0.29) is 45.4 Å². The second-order valence-electron chi connectivity index (χ2n) is 8.70. The summed E-state index contributed by atoms with van der Waals surface area (Å²) in [4.78, 5) is 35.2. The Balaban J connectivity index is 2.39. The van der Waals surface area contributed by atoms with Crippen LogP contribution in [0, 0.1) is 24.2 Å². The lowest BCUT2D eigenvalue weighted by atomic mass is 9.61. The molecule has 5 nitrogen and oxygen atoms in total. The highest BCUT2D eigenvalue weighted by Gasteiger charge is 2.41. The predicted molar refractivity (Wildman–Crippen MR) is 122 cm³/mol. The van der Waals surface area contributed by atoms with E-state index in [2.05, 4.69) is 19.9 Å². The zero-order valence-corrected chi connectivity index (χ0v) is 19.8. The van der Waals surface area contributed by atoms with Crippen LogP contribution in [0.1, 0.15) is 68.9 Å². The van der Waals surface area contributed by atoms with E-state index in [0.29, 0.717) is 30.0 Å². The van der Waals surface area contributed by atoms with Crippen molar-refractivity contribution in [3.8, 4) is 11.5 Å². The van der Waals surface area contributed by atoms with Gasteiger partial charge in [-0.1, -0.05) is 56.2 Å². The van der Waals surface area contributed by atoms with Crippen molar-refractivity contribution >= 4 is 29.6 Å². The third-order valence-corrected chi connectivity index (χ3v) is 7.20. The van der Waals surface area contributed by atoms with Gasteiger partial charge in [0.15, 0.2) is 12.0 Å². The number of ketones is 1. The maximum Gasteiger partial charge on any atom is 0.308 e. The number of rotatable bonds is 6. The molecule has 1 aromatic carbocycles. The molecule has 1 saturated carbocycles. The molecule has 1 fully saturated rings. The van der Waals surface area contributed by atoms with Crippen LogP contribution in [-0.2, 0) is 16.0 Å². The molecule has 0 saturated heterocycles. The average molecular weight is 447 g/mol. The lowest BCUT2D eigenvalue weighted by Gasteiger charge is -2.42. The summed E-state index contributed by atoms with van der Waals surface area (Å²) in [5.74, 6) is -0.123. The number of allylic oxidation sites excluding steroid dienone is 4. The van der Waals surface area contributed by atoms with E-state index < -0.39 is 5.97 Å². The van der Waals surface area contributed by atoms with Gasteiger partial charge in [-0.25, -0.2) is 0 Å². The number of aromatic hydroxyl groups is 1. The van der Waals surface area contributed by atoms with Gasteiger partial charge in [0.05, 0.1) is 10.6 Å². The van der Waals surface area contributed by atoms with Crippen LogP contribution in [0.25, 0.3) is 0 Å². The quantitative estimate of drug-likeness (QED) is 0.259. The minimum absolute atomic E-state index is 0.0500. The highest BCUT2D eigenvalue weighted by Crippen LogP contribution is 2.45. The van der Waals surface area contributed by atoms with E-state index in [1.807, 2.05) is 26.0 Å². The molecule has 1 aliphatic carbocycles. The number of ether oxygens (including phenoxy) is 1. The largest absolute Gasteiger partial charge is 0.507 e. The van der Waals surface area contributed by atoms with Crippen molar-refractivity contribution in [2.24, 2.45) is 17.3 Å². The molecule has 1 N–H and O–H groups in total. The number of aldehydes is 1. The van der Waals surface area contributed by atoms with E-state index in [4.69, 9.17) is 16.3 Å². The minimum atomic E-state index is -0.570. The predicted octanol–water partition coefficient (Wildman–Crippen LogP) is 5.78. The Morgan fingerprint density at radius 3 is 2.55 bits per heavy atom. The van der Waals surface area contributed by atoms with Crippen LogP contribution in [0.2, 0.25) is 5.02 Å². The summed E-state index contributed by atoms with van der Waals surface area (Å²) in [6.45, 7) is 11.0. The maximum atomic E-state index is 12.2. The van der Waals surface area contributed by atoms with Gasteiger partial charge in [0, 0.05) is 24.8 Å². The number of hydrogen-bond donors (Lipinski definition) is 1. The smallest absolute Gasteiger partial charge is 0.308 e. The van der Waals surface area contributed by atoms with Crippen LogP contribution in [-0.4, -0.2) is 23.1 Å². The van der Waals surface area contributed by atoms with Crippen molar-refractivity contribution < 1.29 is 24.2 Å². The van der Waals surface area contributed by atoms with Crippen molar-refractivity contribution in [1.82, 2.24) is 0 Å². The molecule has 1 aromatic rings. The van der Waals surface area contributed by atoms with E-state index >= 15 is 0 Å². The second kappa shape index (κ2) is 9.82. The number of phenolic OH excluding ortho intramolecular Hbond substituents is 1. The SMILES string of the molecule is CC(=O)Oc1c(Cl)c(C)c(C=O)c(O)c1C/C=C(C)/C=C/C1(C)C(C)CCC(=O)C1C. The van der Waals surface area contributed by atoms with Gasteiger partial charge in [0.25, 0.3) is 0 Å². The summed E-state index contributed by atoms with van der Waals surface area (Å²) in [5, 5.41) is 10.7.